The first kappa shape index (κ1) is 19.1. The molecule has 0 saturated carbocycles. The summed E-state index contributed by atoms with van der Waals surface area (Å²) >= 11 is 0. The third-order valence-corrected chi connectivity index (χ3v) is 11.5. The summed E-state index contributed by atoms with van der Waals surface area (Å²) in [6, 6.07) is 6.48. The van der Waals surface area contributed by atoms with Crippen molar-refractivity contribution in [3.63, 3.8) is 0 Å². The van der Waals surface area contributed by atoms with Gasteiger partial charge in [-0.1, -0.05) is 53.7 Å². The summed E-state index contributed by atoms with van der Waals surface area (Å²) in [5, 5.41) is 0. The van der Waals surface area contributed by atoms with E-state index in [1.165, 1.54) is 0 Å². The number of rotatable bonds is 3. The van der Waals surface area contributed by atoms with Crippen molar-refractivity contribution in [2.45, 2.75) is 58.2 Å². The van der Waals surface area contributed by atoms with E-state index in [9.17, 15) is 14.4 Å². The zero-order valence-corrected chi connectivity index (χ0v) is 16.7. The molecular formula is C20H25NO3Si. The zero-order chi connectivity index (χ0) is 18.9. The van der Waals surface area contributed by atoms with Gasteiger partial charge in [-0.2, -0.15) is 4.90 Å². The van der Waals surface area contributed by atoms with E-state index in [0.29, 0.717) is 21.5 Å². The molecule has 132 valence electrons. The number of carbonyl (C=O) groups is 3. The van der Waals surface area contributed by atoms with Crippen molar-refractivity contribution in [1.29, 1.82) is 0 Å². The maximum absolute atomic E-state index is 12.6. The lowest BCUT2D eigenvalue weighted by atomic mass is 10.1. The molecule has 1 aliphatic heterocycles. The lowest BCUT2D eigenvalue weighted by Gasteiger charge is -2.37. The van der Waals surface area contributed by atoms with Crippen molar-refractivity contribution >= 4 is 25.8 Å². The fourth-order valence-electron chi connectivity index (χ4n) is 4.02. The van der Waals surface area contributed by atoms with Gasteiger partial charge < -0.3 is 0 Å². The minimum atomic E-state index is -2.10. The van der Waals surface area contributed by atoms with Crippen molar-refractivity contribution in [1.82, 2.24) is 4.90 Å². The van der Waals surface area contributed by atoms with E-state index in [4.69, 9.17) is 0 Å². The normalized spacial score (nSPS) is 14.2. The highest BCUT2D eigenvalue weighted by Gasteiger charge is 2.43. The molecule has 3 amide bonds. The lowest BCUT2D eigenvalue weighted by Crippen LogP contribution is -2.44. The molecule has 0 radical (unpaired) electrons. The molecule has 5 heteroatoms. The molecule has 25 heavy (non-hydrogen) atoms. The Morgan fingerprint density at radius 1 is 0.880 bits per heavy atom. The Balaban J connectivity index is 2.40. The smallest absolute Gasteiger partial charge is 0.268 e. The number of benzene rings is 1. The maximum Gasteiger partial charge on any atom is 0.311 e. The second-order valence-electron chi connectivity index (χ2n) is 7.44. The highest BCUT2D eigenvalue weighted by atomic mass is 28.3. The predicted molar refractivity (Wildman–Crippen MR) is 101 cm³/mol. The monoisotopic (exact) mass is 355 g/mol. The van der Waals surface area contributed by atoms with Crippen molar-refractivity contribution in [3.8, 4) is 11.5 Å². The standard InChI is InChI=1S/C20H25NO3Si/c1-13(2)25(14(3)4,15(5)6)12-11-18(22)21-19(23)16-9-7-8-10-17(16)20(21)24/h7-10,13-15H,1-6H3. The molecule has 0 bridgehead atoms. The summed E-state index contributed by atoms with van der Waals surface area (Å²) in [5.74, 6) is 0.789. The highest BCUT2D eigenvalue weighted by Crippen LogP contribution is 2.40. The van der Waals surface area contributed by atoms with Gasteiger partial charge in [0.2, 0.25) is 0 Å². The second kappa shape index (κ2) is 6.97. The van der Waals surface area contributed by atoms with E-state index in [0.717, 1.165) is 0 Å². The van der Waals surface area contributed by atoms with Crippen LogP contribution in [0.25, 0.3) is 0 Å². The first-order valence-corrected chi connectivity index (χ1v) is 10.9. The summed E-state index contributed by atoms with van der Waals surface area (Å²) in [5.41, 5.74) is 4.91. The third kappa shape index (κ3) is 3.07. The van der Waals surface area contributed by atoms with Crippen LogP contribution in [0.2, 0.25) is 16.6 Å². The van der Waals surface area contributed by atoms with Gasteiger partial charge in [0.05, 0.1) is 11.1 Å². The Morgan fingerprint density at radius 3 is 1.64 bits per heavy atom. The van der Waals surface area contributed by atoms with E-state index >= 15 is 0 Å². The molecule has 0 atom stereocenters. The molecule has 0 aliphatic carbocycles. The molecule has 0 saturated heterocycles. The van der Waals surface area contributed by atoms with E-state index in [1.54, 1.807) is 24.3 Å². The number of nitrogens with zero attached hydrogens (tertiary/aromatic N) is 1. The molecule has 1 heterocycles. The van der Waals surface area contributed by atoms with Crippen LogP contribution >= 0.6 is 0 Å². The molecule has 0 unspecified atom stereocenters. The third-order valence-electron chi connectivity index (χ3n) is 5.25. The Kier molecular flexibility index (Phi) is 5.33. The van der Waals surface area contributed by atoms with Gasteiger partial charge in [-0.15, -0.1) is 5.54 Å². The lowest BCUT2D eigenvalue weighted by molar-refractivity contribution is -0.120. The van der Waals surface area contributed by atoms with Crippen LogP contribution in [0.15, 0.2) is 24.3 Å². The van der Waals surface area contributed by atoms with E-state index < -0.39 is 25.8 Å². The molecule has 0 spiro atoms. The molecule has 4 nitrogen and oxygen atoms in total. The molecular weight excluding hydrogens is 330 g/mol. The first-order valence-electron chi connectivity index (χ1n) is 8.69. The maximum atomic E-state index is 12.6. The fourth-order valence-corrected chi connectivity index (χ4v) is 9.21. The minimum Gasteiger partial charge on any atom is -0.268 e. The highest BCUT2D eigenvalue weighted by molar-refractivity contribution is 6.90. The van der Waals surface area contributed by atoms with Gasteiger partial charge in [0, 0.05) is 0 Å². The molecule has 0 N–H and O–H groups in total. The van der Waals surface area contributed by atoms with Crippen molar-refractivity contribution in [2.24, 2.45) is 0 Å². The summed E-state index contributed by atoms with van der Waals surface area (Å²) < 4.78 is 0. The van der Waals surface area contributed by atoms with Crippen LogP contribution in [0.5, 0.6) is 0 Å². The SMILES string of the molecule is CC(C)[Si](C#CC(=O)N1C(=O)c2ccccc2C1=O)(C(C)C)C(C)C. The number of fused-ring (bicyclic) bond motifs is 1. The van der Waals surface area contributed by atoms with Gasteiger partial charge in [0.1, 0.15) is 8.07 Å². The Hall–Kier alpha value is -2.19. The molecule has 1 aromatic carbocycles. The van der Waals surface area contributed by atoms with Crippen molar-refractivity contribution < 1.29 is 14.4 Å². The van der Waals surface area contributed by atoms with Crippen LogP contribution in [-0.4, -0.2) is 30.7 Å². The average Bonchev–Trinajstić information content (AvgIpc) is 2.78. The summed E-state index contributed by atoms with van der Waals surface area (Å²) in [7, 11) is -2.10. The zero-order valence-electron chi connectivity index (χ0n) is 15.7. The van der Waals surface area contributed by atoms with E-state index in [1.807, 2.05) is 0 Å². The van der Waals surface area contributed by atoms with Gasteiger partial charge in [0.15, 0.2) is 0 Å². The average molecular weight is 356 g/mol. The molecule has 0 fully saturated rings. The van der Waals surface area contributed by atoms with Gasteiger partial charge in [-0.05, 0) is 34.7 Å². The number of carbonyl (C=O) groups excluding carboxylic acids is 3. The van der Waals surface area contributed by atoms with E-state index in [2.05, 4.69) is 53.0 Å². The fraction of sp³-hybridized carbons (Fsp3) is 0.450. The summed E-state index contributed by atoms with van der Waals surface area (Å²) in [6.45, 7) is 12.9. The van der Waals surface area contributed by atoms with Gasteiger partial charge in [-0.25, -0.2) is 0 Å². The largest absolute Gasteiger partial charge is 0.311 e. The van der Waals surface area contributed by atoms with Crippen molar-refractivity contribution in [3.05, 3.63) is 35.4 Å². The van der Waals surface area contributed by atoms with Crippen LogP contribution < -0.4 is 0 Å². The van der Waals surface area contributed by atoms with Gasteiger partial charge >= 0.3 is 5.91 Å². The number of imide groups is 3. The number of amides is 3. The Bertz CT molecular complexity index is 727. The van der Waals surface area contributed by atoms with Crippen molar-refractivity contribution in [2.75, 3.05) is 0 Å². The summed E-state index contributed by atoms with van der Waals surface area (Å²) in [6.07, 6.45) is 0. The molecule has 1 aromatic rings. The minimum absolute atomic E-state index is 0.266. The topological polar surface area (TPSA) is 54.5 Å². The Morgan fingerprint density at radius 2 is 1.28 bits per heavy atom. The molecule has 1 aliphatic rings. The number of hydrogen-bond donors (Lipinski definition) is 0. The second-order valence-corrected chi connectivity index (χ2v) is 13.0. The molecule has 0 aromatic heterocycles. The number of hydrogen-bond acceptors (Lipinski definition) is 3. The van der Waals surface area contributed by atoms with Crippen LogP contribution in [0.3, 0.4) is 0 Å². The van der Waals surface area contributed by atoms with Crippen LogP contribution in [0, 0.1) is 11.5 Å². The van der Waals surface area contributed by atoms with Gasteiger partial charge in [0.25, 0.3) is 11.8 Å². The quantitative estimate of drug-likeness (QED) is 0.467. The van der Waals surface area contributed by atoms with Gasteiger partial charge in [-0.3, -0.25) is 14.4 Å². The molecule has 2 rings (SSSR count). The van der Waals surface area contributed by atoms with E-state index in [-0.39, 0.29) is 11.1 Å². The predicted octanol–water partition coefficient (Wildman–Crippen LogP) is 4.03. The first-order chi connectivity index (χ1) is 11.6. The van der Waals surface area contributed by atoms with Crippen LogP contribution in [-0.2, 0) is 4.79 Å². The Labute approximate surface area is 150 Å². The van der Waals surface area contributed by atoms with Crippen LogP contribution in [0.1, 0.15) is 62.3 Å². The van der Waals surface area contributed by atoms with Crippen LogP contribution in [0.4, 0.5) is 0 Å². The summed E-state index contributed by atoms with van der Waals surface area (Å²) in [4.78, 5) is 38.1.